The Bertz CT molecular complexity index is 591. The first-order valence-electron chi connectivity index (χ1n) is 6.08. The first kappa shape index (κ1) is 14.4. The highest BCUT2D eigenvalue weighted by molar-refractivity contribution is 7.39. The van der Waals surface area contributed by atoms with E-state index in [0.29, 0.717) is 26.3 Å². The van der Waals surface area contributed by atoms with Crippen molar-refractivity contribution in [3.8, 4) is 0 Å². The summed E-state index contributed by atoms with van der Waals surface area (Å²) < 4.78 is 0. The number of benzene rings is 1. The number of nitrogens with zero attached hydrogens (tertiary/aromatic N) is 2. The Morgan fingerprint density at radius 3 is 2.75 bits per heavy atom. The van der Waals surface area contributed by atoms with Gasteiger partial charge < -0.3 is 15.9 Å². The van der Waals surface area contributed by atoms with E-state index in [2.05, 4.69) is 15.1 Å². The SMILES string of the molecule is N=C(c1ccccc1)c1c(N)ncnc1NPCCO. The minimum atomic E-state index is 0.109. The third-order valence-electron chi connectivity index (χ3n) is 2.63. The van der Waals surface area contributed by atoms with Gasteiger partial charge in [0, 0.05) is 18.3 Å². The highest BCUT2D eigenvalue weighted by Crippen LogP contribution is 2.25. The summed E-state index contributed by atoms with van der Waals surface area (Å²) in [6, 6.07) is 9.31. The van der Waals surface area contributed by atoms with Crippen LogP contribution in [0.4, 0.5) is 11.6 Å². The highest BCUT2D eigenvalue weighted by atomic mass is 31.1. The van der Waals surface area contributed by atoms with Gasteiger partial charge in [-0.25, -0.2) is 9.97 Å². The molecular weight excluding hydrogens is 273 g/mol. The van der Waals surface area contributed by atoms with Crippen LogP contribution in [0.2, 0.25) is 0 Å². The Kier molecular flexibility index (Phi) is 4.98. The fraction of sp³-hybridized carbons (Fsp3) is 0.154. The lowest BCUT2D eigenvalue weighted by Crippen LogP contribution is -2.11. The van der Waals surface area contributed by atoms with Crippen molar-refractivity contribution in [1.82, 2.24) is 9.97 Å². The highest BCUT2D eigenvalue weighted by Gasteiger charge is 2.15. The lowest BCUT2D eigenvalue weighted by Gasteiger charge is -2.13. The van der Waals surface area contributed by atoms with E-state index in [-0.39, 0.29) is 18.1 Å². The van der Waals surface area contributed by atoms with E-state index in [4.69, 9.17) is 16.2 Å². The van der Waals surface area contributed by atoms with Crippen molar-refractivity contribution in [3.05, 3.63) is 47.8 Å². The zero-order valence-electron chi connectivity index (χ0n) is 10.8. The molecule has 104 valence electrons. The van der Waals surface area contributed by atoms with Gasteiger partial charge in [0.05, 0.1) is 11.3 Å². The third-order valence-corrected chi connectivity index (χ3v) is 3.52. The van der Waals surface area contributed by atoms with Gasteiger partial charge >= 0.3 is 0 Å². The van der Waals surface area contributed by atoms with E-state index >= 15 is 0 Å². The molecular formula is C13H16N5OP. The Balaban J connectivity index is 2.32. The monoisotopic (exact) mass is 289 g/mol. The van der Waals surface area contributed by atoms with Crippen molar-refractivity contribution in [2.45, 2.75) is 0 Å². The van der Waals surface area contributed by atoms with Gasteiger partial charge in [0.1, 0.15) is 18.0 Å². The number of aliphatic hydroxyl groups is 1. The maximum atomic E-state index is 8.82. The van der Waals surface area contributed by atoms with Crippen LogP contribution in [-0.4, -0.2) is 33.6 Å². The number of nitrogens with two attached hydrogens (primary N) is 1. The lowest BCUT2D eigenvalue weighted by molar-refractivity contribution is 0.322. The van der Waals surface area contributed by atoms with Crippen LogP contribution in [0.15, 0.2) is 36.7 Å². The summed E-state index contributed by atoms with van der Waals surface area (Å²) in [7, 11) is 0.310. The molecule has 0 saturated heterocycles. The summed E-state index contributed by atoms with van der Waals surface area (Å²) in [5, 5.41) is 20.2. The molecule has 5 N–H and O–H groups in total. The van der Waals surface area contributed by atoms with Crippen LogP contribution in [0.3, 0.4) is 0 Å². The number of nitrogen functional groups attached to an aromatic ring is 1. The molecule has 0 fully saturated rings. The van der Waals surface area contributed by atoms with Gasteiger partial charge in [-0.15, -0.1) is 0 Å². The van der Waals surface area contributed by atoms with Crippen molar-refractivity contribution in [1.29, 1.82) is 5.41 Å². The molecule has 1 aromatic carbocycles. The second kappa shape index (κ2) is 6.93. The number of rotatable bonds is 6. The summed E-state index contributed by atoms with van der Waals surface area (Å²) in [6.45, 7) is 0.109. The smallest absolute Gasteiger partial charge is 0.144 e. The van der Waals surface area contributed by atoms with Crippen LogP contribution in [0.25, 0.3) is 0 Å². The number of hydrogen-bond acceptors (Lipinski definition) is 6. The van der Waals surface area contributed by atoms with E-state index in [1.54, 1.807) is 0 Å². The molecule has 0 saturated carbocycles. The molecule has 0 amide bonds. The van der Waals surface area contributed by atoms with Gasteiger partial charge in [-0.2, -0.15) is 0 Å². The van der Waals surface area contributed by atoms with Crippen molar-refractivity contribution in [2.75, 3.05) is 23.6 Å². The largest absolute Gasteiger partial charge is 0.396 e. The average Bonchev–Trinajstić information content (AvgIpc) is 2.48. The number of anilines is 2. The van der Waals surface area contributed by atoms with E-state index < -0.39 is 0 Å². The van der Waals surface area contributed by atoms with E-state index in [1.165, 1.54) is 6.33 Å². The van der Waals surface area contributed by atoms with Crippen molar-refractivity contribution in [2.24, 2.45) is 0 Å². The summed E-state index contributed by atoms with van der Waals surface area (Å²) in [6.07, 6.45) is 1.99. The molecule has 1 heterocycles. The number of aliphatic hydroxyl groups excluding tert-OH is 1. The van der Waals surface area contributed by atoms with Crippen LogP contribution in [-0.2, 0) is 0 Å². The van der Waals surface area contributed by atoms with Crippen LogP contribution in [0, 0.1) is 5.41 Å². The number of hydrogen-bond donors (Lipinski definition) is 4. The summed E-state index contributed by atoms with van der Waals surface area (Å²) in [4.78, 5) is 8.09. The molecule has 6 nitrogen and oxygen atoms in total. The number of nitrogens with one attached hydrogen (secondary N) is 2. The minimum Gasteiger partial charge on any atom is -0.396 e. The molecule has 20 heavy (non-hydrogen) atoms. The molecule has 0 radical (unpaired) electrons. The summed E-state index contributed by atoms with van der Waals surface area (Å²) in [5.74, 6) is 0.795. The van der Waals surface area contributed by atoms with Crippen LogP contribution in [0.5, 0.6) is 0 Å². The van der Waals surface area contributed by atoms with Gasteiger partial charge in [-0.05, 0) is 8.73 Å². The number of aromatic nitrogens is 2. The van der Waals surface area contributed by atoms with Crippen molar-refractivity contribution in [3.63, 3.8) is 0 Å². The summed E-state index contributed by atoms with van der Waals surface area (Å²) >= 11 is 0. The Morgan fingerprint density at radius 2 is 2.05 bits per heavy atom. The van der Waals surface area contributed by atoms with Gasteiger partial charge in [0.15, 0.2) is 0 Å². The van der Waals surface area contributed by atoms with Gasteiger partial charge in [0.2, 0.25) is 0 Å². The normalized spacial score (nSPS) is 10.8. The van der Waals surface area contributed by atoms with Crippen molar-refractivity contribution >= 4 is 26.1 Å². The maximum Gasteiger partial charge on any atom is 0.144 e. The van der Waals surface area contributed by atoms with E-state index in [0.717, 1.165) is 5.56 Å². The fourth-order valence-electron chi connectivity index (χ4n) is 1.69. The predicted molar refractivity (Wildman–Crippen MR) is 82.7 cm³/mol. The molecule has 2 rings (SSSR count). The van der Waals surface area contributed by atoms with Gasteiger partial charge in [-0.1, -0.05) is 30.3 Å². The van der Waals surface area contributed by atoms with E-state index in [9.17, 15) is 0 Å². The second-order valence-corrected chi connectivity index (χ2v) is 5.10. The standard InChI is InChI=1S/C13H16N5OP/c14-11(9-4-2-1-3-5-9)10-12(15)16-8-17-13(10)18-20-7-6-19/h1-5,8,14,19-20H,6-7H2,(H3,15,16,17,18). The minimum absolute atomic E-state index is 0.109. The van der Waals surface area contributed by atoms with Crippen LogP contribution >= 0.6 is 8.73 Å². The first-order chi connectivity index (χ1) is 9.74. The Hall–Kier alpha value is -2.04. The first-order valence-corrected chi connectivity index (χ1v) is 7.29. The quantitative estimate of drug-likeness (QED) is 0.366. The topological polar surface area (TPSA) is 108 Å². The van der Waals surface area contributed by atoms with Gasteiger partial charge in [-0.3, -0.25) is 5.41 Å². The van der Waals surface area contributed by atoms with E-state index in [1.807, 2.05) is 30.3 Å². The van der Waals surface area contributed by atoms with Crippen molar-refractivity contribution < 1.29 is 5.11 Å². The van der Waals surface area contributed by atoms with Crippen LogP contribution in [0.1, 0.15) is 11.1 Å². The Morgan fingerprint density at radius 1 is 1.30 bits per heavy atom. The molecule has 0 bridgehead atoms. The lowest BCUT2D eigenvalue weighted by atomic mass is 10.0. The third kappa shape index (κ3) is 3.29. The zero-order valence-corrected chi connectivity index (χ0v) is 11.8. The molecule has 1 unspecified atom stereocenters. The second-order valence-electron chi connectivity index (χ2n) is 4.00. The molecule has 0 spiro atoms. The average molecular weight is 289 g/mol. The summed E-state index contributed by atoms with van der Waals surface area (Å²) in [5.41, 5.74) is 7.41. The molecule has 0 aliphatic carbocycles. The zero-order chi connectivity index (χ0) is 14.4. The predicted octanol–water partition coefficient (Wildman–Crippen LogP) is 1.47. The molecule has 0 aliphatic heterocycles. The van der Waals surface area contributed by atoms with Gasteiger partial charge in [0.25, 0.3) is 0 Å². The molecule has 1 aromatic heterocycles. The molecule has 1 atom stereocenters. The molecule has 0 aliphatic rings. The molecule has 2 aromatic rings. The maximum absolute atomic E-state index is 8.82. The fourth-order valence-corrected chi connectivity index (χ4v) is 2.29. The molecule has 7 heteroatoms. The Labute approximate surface area is 118 Å². The van der Waals surface area contributed by atoms with Crippen LogP contribution < -0.4 is 10.8 Å².